The predicted molar refractivity (Wildman–Crippen MR) is 84.8 cm³/mol. The number of aromatic nitrogens is 1. The van der Waals surface area contributed by atoms with Gasteiger partial charge in [-0.25, -0.2) is 0 Å². The smallest absolute Gasteiger partial charge is 0.269 e. The van der Waals surface area contributed by atoms with Crippen molar-refractivity contribution in [1.29, 1.82) is 0 Å². The molecule has 0 fully saturated rings. The number of ketones is 1. The normalized spacial score (nSPS) is 10.5. The summed E-state index contributed by atoms with van der Waals surface area (Å²) in [5.74, 6) is 0.410. The molecule has 0 saturated heterocycles. The Balaban J connectivity index is 2.05. The van der Waals surface area contributed by atoms with Gasteiger partial charge in [0, 0.05) is 29.3 Å². The molecule has 2 aromatic carbocycles. The van der Waals surface area contributed by atoms with Gasteiger partial charge in [-0.1, -0.05) is 0 Å². The molecule has 3 aromatic rings. The lowest BCUT2D eigenvalue weighted by molar-refractivity contribution is -0.384. The molecule has 3 rings (SSSR count). The number of carbonyl (C=O) groups excluding carboxylic acids is 1. The number of nitro benzene ring substituents is 1. The molecule has 0 aliphatic heterocycles. The number of hydrogen-bond donors (Lipinski definition) is 0. The molecule has 0 radical (unpaired) electrons. The van der Waals surface area contributed by atoms with Crippen LogP contribution in [0.2, 0.25) is 0 Å². The van der Waals surface area contributed by atoms with E-state index in [0.717, 1.165) is 5.39 Å². The number of nitrogens with zero attached hydrogens (tertiary/aromatic N) is 2. The minimum Gasteiger partial charge on any atom is -0.497 e. The highest BCUT2D eigenvalue weighted by molar-refractivity contribution is 6.15. The standard InChI is InChI=1S/C17H12N2O4/c1-23-14-6-7-15-12(10-14)8-9-18-16(15)17(20)11-2-4-13(5-3-11)19(21)22/h2-10H,1H3. The Morgan fingerprint density at radius 2 is 1.87 bits per heavy atom. The van der Waals surface area contributed by atoms with Gasteiger partial charge in [0.1, 0.15) is 11.4 Å². The van der Waals surface area contributed by atoms with E-state index in [2.05, 4.69) is 4.98 Å². The first-order chi connectivity index (χ1) is 11.1. The SMILES string of the molecule is COc1ccc2c(C(=O)c3ccc([N+](=O)[O-])cc3)nccc2c1. The fourth-order valence-corrected chi connectivity index (χ4v) is 2.34. The first-order valence-electron chi connectivity index (χ1n) is 6.82. The Hall–Kier alpha value is -3.28. The highest BCUT2D eigenvalue weighted by Crippen LogP contribution is 2.24. The molecule has 1 aromatic heterocycles. The number of benzene rings is 2. The van der Waals surface area contributed by atoms with Crippen LogP contribution in [0.5, 0.6) is 5.75 Å². The number of methoxy groups -OCH3 is 1. The second kappa shape index (κ2) is 5.84. The average molecular weight is 308 g/mol. The van der Waals surface area contributed by atoms with E-state index in [1.54, 1.807) is 31.5 Å². The molecule has 23 heavy (non-hydrogen) atoms. The van der Waals surface area contributed by atoms with Crippen molar-refractivity contribution in [3.8, 4) is 5.75 Å². The zero-order valence-corrected chi connectivity index (χ0v) is 12.2. The lowest BCUT2D eigenvalue weighted by atomic mass is 10.0. The van der Waals surface area contributed by atoms with E-state index >= 15 is 0 Å². The lowest BCUT2D eigenvalue weighted by Crippen LogP contribution is -2.05. The first kappa shape index (κ1) is 14.6. The van der Waals surface area contributed by atoms with E-state index in [4.69, 9.17) is 4.74 Å². The van der Waals surface area contributed by atoms with E-state index in [9.17, 15) is 14.9 Å². The molecule has 0 atom stereocenters. The summed E-state index contributed by atoms with van der Waals surface area (Å²) in [6.45, 7) is 0. The second-order valence-electron chi connectivity index (χ2n) is 4.88. The third-order valence-corrected chi connectivity index (χ3v) is 3.53. The highest BCUT2D eigenvalue weighted by atomic mass is 16.6. The number of ether oxygens (including phenoxy) is 1. The number of fused-ring (bicyclic) bond motifs is 1. The molecule has 0 aliphatic carbocycles. The summed E-state index contributed by atoms with van der Waals surface area (Å²) in [4.78, 5) is 27.0. The van der Waals surface area contributed by atoms with Crippen LogP contribution in [0.15, 0.2) is 54.7 Å². The van der Waals surface area contributed by atoms with Crippen molar-refractivity contribution in [2.24, 2.45) is 0 Å². The van der Waals surface area contributed by atoms with Gasteiger partial charge in [-0.15, -0.1) is 0 Å². The number of nitro groups is 1. The van der Waals surface area contributed by atoms with Crippen LogP contribution in [-0.4, -0.2) is 22.8 Å². The zero-order valence-electron chi connectivity index (χ0n) is 12.2. The van der Waals surface area contributed by atoms with Gasteiger partial charge >= 0.3 is 0 Å². The van der Waals surface area contributed by atoms with Crippen molar-refractivity contribution < 1.29 is 14.5 Å². The summed E-state index contributed by atoms with van der Waals surface area (Å²) in [5, 5.41) is 12.2. The lowest BCUT2D eigenvalue weighted by Gasteiger charge is -2.07. The van der Waals surface area contributed by atoms with Crippen molar-refractivity contribution >= 4 is 22.2 Å². The third-order valence-electron chi connectivity index (χ3n) is 3.53. The van der Waals surface area contributed by atoms with Crippen LogP contribution in [0.25, 0.3) is 10.8 Å². The predicted octanol–water partition coefficient (Wildman–Crippen LogP) is 3.38. The Morgan fingerprint density at radius 3 is 2.52 bits per heavy atom. The quantitative estimate of drug-likeness (QED) is 0.419. The summed E-state index contributed by atoms with van der Waals surface area (Å²) < 4.78 is 5.17. The summed E-state index contributed by atoms with van der Waals surface area (Å²) >= 11 is 0. The van der Waals surface area contributed by atoms with Crippen LogP contribution in [0.4, 0.5) is 5.69 Å². The fourth-order valence-electron chi connectivity index (χ4n) is 2.34. The van der Waals surface area contributed by atoms with Gasteiger partial charge in [-0.05, 0) is 41.8 Å². The molecule has 0 bridgehead atoms. The number of rotatable bonds is 4. The van der Waals surface area contributed by atoms with E-state index in [0.29, 0.717) is 22.4 Å². The van der Waals surface area contributed by atoms with E-state index in [-0.39, 0.29) is 11.5 Å². The molecule has 0 aliphatic rings. The molecule has 0 spiro atoms. The van der Waals surface area contributed by atoms with Gasteiger partial charge in [0.15, 0.2) is 0 Å². The van der Waals surface area contributed by atoms with Crippen molar-refractivity contribution in [2.45, 2.75) is 0 Å². The molecule has 0 saturated carbocycles. The second-order valence-corrected chi connectivity index (χ2v) is 4.88. The third kappa shape index (κ3) is 2.74. The van der Waals surface area contributed by atoms with Crippen LogP contribution in [0.3, 0.4) is 0 Å². The van der Waals surface area contributed by atoms with Crippen LogP contribution < -0.4 is 4.74 Å². The van der Waals surface area contributed by atoms with Crippen LogP contribution in [0.1, 0.15) is 16.1 Å². The minimum absolute atomic E-state index is 0.0582. The first-order valence-corrected chi connectivity index (χ1v) is 6.82. The topological polar surface area (TPSA) is 82.3 Å². The zero-order chi connectivity index (χ0) is 16.4. The molecule has 114 valence electrons. The van der Waals surface area contributed by atoms with Crippen LogP contribution in [0, 0.1) is 10.1 Å². The number of carbonyl (C=O) groups is 1. The number of non-ortho nitro benzene ring substituents is 1. The van der Waals surface area contributed by atoms with Gasteiger partial charge in [0.05, 0.1) is 12.0 Å². The van der Waals surface area contributed by atoms with Crippen molar-refractivity contribution in [3.05, 3.63) is 76.1 Å². The Kier molecular flexibility index (Phi) is 3.72. The van der Waals surface area contributed by atoms with Gasteiger partial charge in [0.2, 0.25) is 5.78 Å². The minimum atomic E-state index is -0.503. The van der Waals surface area contributed by atoms with Gasteiger partial charge in [-0.3, -0.25) is 19.9 Å². The molecule has 1 heterocycles. The average Bonchev–Trinajstić information content (AvgIpc) is 2.60. The number of pyridine rings is 1. The maximum Gasteiger partial charge on any atom is 0.269 e. The van der Waals surface area contributed by atoms with Crippen molar-refractivity contribution in [1.82, 2.24) is 4.98 Å². The van der Waals surface area contributed by atoms with Gasteiger partial charge in [-0.2, -0.15) is 0 Å². The van der Waals surface area contributed by atoms with Crippen molar-refractivity contribution in [2.75, 3.05) is 7.11 Å². The Labute approximate surface area is 131 Å². The Bertz CT molecular complexity index is 904. The van der Waals surface area contributed by atoms with Crippen LogP contribution in [-0.2, 0) is 0 Å². The summed E-state index contributed by atoms with van der Waals surface area (Å²) in [6.07, 6.45) is 1.56. The maximum atomic E-state index is 12.6. The number of hydrogen-bond acceptors (Lipinski definition) is 5. The van der Waals surface area contributed by atoms with Crippen molar-refractivity contribution in [3.63, 3.8) is 0 Å². The summed E-state index contributed by atoms with van der Waals surface area (Å²) in [6, 6.07) is 12.6. The monoisotopic (exact) mass is 308 g/mol. The molecular weight excluding hydrogens is 296 g/mol. The largest absolute Gasteiger partial charge is 0.497 e. The van der Waals surface area contributed by atoms with Gasteiger partial charge in [0.25, 0.3) is 5.69 Å². The van der Waals surface area contributed by atoms with Crippen LogP contribution >= 0.6 is 0 Å². The molecule has 0 unspecified atom stereocenters. The molecule has 6 heteroatoms. The summed E-state index contributed by atoms with van der Waals surface area (Å²) in [7, 11) is 1.57. The summed E-state index contributed by atoms with van der Waals surface area (Å²) in [5.41, 5.74) is 0.600. The molecular formula is C17H12N2O4. The molecule has 0 amide bonds. The van der Waals surface area contributed by atoms with Gasteiger partial charge < -0.3 is 4.74 Å². The Morgan fingerprint density at radius 1 is 1.13 bits per heavy atom. The van der Waals surface area contributed by atoms with E-state index in [1.807, 2.05) is 6.07 Å². The van der Waals surface area contributed by atoms with E-state index in [1.165, 1.54) is 24.3 Å². The fraction of sp³-hybridized carbons (Fsp3) is 0.0588. The molecule has 6 nitrogen and oxygen atoms in total. The van der Waals surface area contributed by atoms with E-state index < -0.39 is 4.92 Å². The highest BCUT2D eigenvalue weighted by Gasteiger charge is 2.15. The molecule has 0 N–H and O–H groups in total. The maximum absolute atomic E-state index is 12.6.